The van der Waals surface area contributed by atoms with Gasteiger partial charge in [-0.25, -0.2) is 18.4 Å². The van der Waals surface area contributed by atoms with E-state index in [2.05, 4.69) is 20.5 Å². The van der Waals surface area contributed by atoms with Crippen LogP contribution < -0.4 is 5.32 Å². The summed E-state index contributed by atoms with van der Waals surface area (Å²) in [4.78, 5) is 17.2. The first kappa shape index (κ1) is 25.4. The number of thiophene rings is 1. The zero-order chi connectivity index (χ0) is 26.3. The van der Waals surface area contributed by atoms with Gasteiger partial charge < -0.3 is 10.4 Å². The molecule has 0 aliphatic carbocycles. The second kappa shape index (κ2) is 9.43. The molecule has 0 aliphatic heterocycles. The molecule has 14 heteroatoms. The van der Waals surface area contributed by atoms with Crippen molar-refractivity contribution in [2.45, 2.75) is 31.3 Å². The monoisotopic (exact) mass is 526 g/mol. The number of aliphatic hydroxyl groups is 1. The molecule has 2 atom stereocenters. The Balaban J connectivity index is 1.60. The van der Waals surface area contributed by atoms with Crippen molar-refractivity contribution in [2.75, 3.05) is 0 Å². The summed E-state index contributed by atoms with van der Waals surface area (Å²) in [5, 5.41) is 21.5. The van der Waals surface area contributed by atoms with Crippen LogP contribution in [0.5, 0.6) is 0 Å². The maximum Gasteiger partial charge on any atom is 0.435 e. The number of halogens is 5. The van der Waals surface area contributed by atoms with Crippen LogP contribution in [0.4, 0.5) is 22.0 Å². The number of benzene rings is 1. The zero-order valence-electron chi connectivity index (χ0n) is 18.8. The summed E-state index contributed by atoms with van der Waals surface area (Å²) in [5.41, 5.74) is -3.23. The summed E-state index contributed by atoms with van der Waals surface area (Å²) >= 11 is 0.918. The molecule has 2 N–H and O–H groups in total. The second-order valence-corrected chi connectivity index (χ2v) is 9.12. The van der Waals surface area contributed by atoms with Crippen molar-refractivity contribution in [3.05, 3.63) is 76.8 Å². The van der Waals surface area contributed by atoms with Gasteiger partial charge in [-0.2, -0.15) is 23.4 Å². The predicted molar refractivity (Wildman–Crippen MR) is 119 cm³/mol. The minimum absolute atomic E-state index is 0.134. The van der Waals surface area contributed by atoms with Gasteiger partial charge in [-0.3, -0.25) is 9.48 Å². The zero-order valence-corrected chi connectivity index (χ0v) is 19.6. The van der Waals surface area contributed by atoms with Gasteiger partial charge in [-0.15, -0.1) is 11.3 Å². The molecule has 0 aliphatic rings. The van der Waals surface area contributed by atoms with Crippen LogP contribution in [-0.2, 0) is 25.4 Å². The third-order valence-corrected chi connectivity index (χ3v) is 6.69. The average Bonchev–Trinajstić information content (AvgIpc) is 3.53. The molecule has 4 aromatic rings. The van der Waals surface area contributed by atoms with Crippen LogP contribution in [0, 0.1) is 11.6 Å². The van der Waals surface area contributed by atoms with Crippen molar-refractivity contribution in [2.24, 2.45) is 7.05 Å². The molecule has 0 radical (unpaired) electrons. The van der Waals surface area contributed by atoms with Gasteiger partial charge in [0, 0.05) is 18.7 Å². The fourth-order valence-electron chi connectivity index (χ4n) is 3.68. The predicted octanol–water partition coefficient (Wildman–Crippen LogP) is 3.74. The number of aromatic nitrogens is 5. The average molecular weight is 526 g/mol. The lowest BCUT2D eigenvalue weighted by molar-refractivity contribution is -0.141. The van der Waals surface area contributed by atoms with E-state index in [9.17, 15) is 31.9 Å². The van der Waals surface area contributed by atoms with Crippen molar-refractivity contribution >= 4 is 17.2 Å². The van der Waals surface area contributed by atoms with Crippen molar-refractivity contribution in [1.29, 1.82) is 0 Å². The number of hydrogen-bond donors (Lipinski definition) is 2. The molecule has 4 rings (SSSR count). The van der Waals surface area contributed by atoms with Gasteiger partial charge in [0.2, 0.25) is 0 Å². The first-order valence-electron chi connectivity index (χ1n) is 10.4. The molecule has 190 valence electrons. The van der Waals surface area contributed by atoms with Crippen molar-refractivity contribution in [3.63, 3.8) is 0 Å². The molecule has 3 heterocycles. The van der Waals surface area contributed by atoms with Crippen molar-refractivity contribution in [3.8, 4) is 10.6 Å². The number of carbonyl (C=O) groups is 1. The molecular formula is C22H19F5N6O2S. The molecule has 0 saturated carbocycles. The molecule has 0 fully saturated rings. The van der Waals surface area contributed by atoms with Crippen LogP contribution in [0.1, 0.15) is 27.9 Å². The quantitative estimate of drug-likeness (QED) is 0.358. The topological polar surface area (TPSA) is 97.9 Å². The highest BCUT2D eigenvalue weighted by atomic mass is 32.1. The van der Waals surface area contributed by atoms with Gasteiger partial charge in [0.25, 0.3) is 5.91 Å². The van der Waals surface area contributed by atoms with Crippen molar-refractivity contribution < 1.29 is 31.9 Å². The summed E-state index contributed by atoms with van der Waals surface area (Å²) in [6, 6.07) is 5.32. The van der Waals surface area contributed by atoms with Gasteiger partial charge in [0.15, 0.2) is 5.69 Å². The smallest absolute Gasteiger partial charge is 0.381 e. The van der Waals surface area contributed by atoms with Gasteiger partial charge in [-0.05, 0) is 31.2 Å². The Labute approximate surface area is 205 Å². The van der Waals surface area contributed by atoms with E-state index >= 15 is 0 Å². The minimum atomic E-state index is -4.62. The molecule has 36 heavy (non-hydrogen) atoms. The minimum Gasteiger partial charge on any atom is -0.381 e. The fraction of sp³-hybridized carbons (Fsp3) is 0.273. The normalized spacial score (nSPS) is 14.4. The lowest BCUT2D eigenvalue weighted by atomic mass is 9.86. The SMILES string of the molecule is C[C@@H](NC(=O)c1ccc(-c2cc(C(F)(F)F)nn2C)s1)[C@](O)(Cn1cncn1)c1ccc(F)cc1F. The maximum atomic E-state index is 14.7. The highest BCUT2D eigenvalue weighted by Crippen LogP contribution is 2.35. The van der Waals surface area contributed by atoms with E-state index < -0.39 is 41.1 Å². The highest BCUT2D eigenvalue weighted by molar-refractivity contribution is 7.17. The van der Waals surface area contributed by atoms with Crippen LogP contribution >= 0.6 is 11.3 Å². The van der Waals surface area contributed by atoms with Gasteiger partial charge in [0.05, 0.1) is 28.0 Å². The van der Waals surface area contributed by atoms with E-state index in [0.29, 0.717) is 10.9 Å². The number of amides is 1. The van der Waals surface area contributed by atoms with Crippen LogP contribution in [0.3, 0.4) is 0 Å². The van der Waals surface area contributed by atoms with Crippen LogP contribution in [0.2, 0.25) is 0 Å². The number of rotatable bonds is 7. The molecular weight excluding hydrogens is 507 g/mol. The van der Waals surface area contributed by atoms with Crippen molar-refractivity contribution in [1.82, 2.24) is 29.9 Å². The Morgan fingerprint density at radius 1 is 1.19 bits per heavy atom. The summed E-state index contributed by atoms with van der Waals surface area (Å²) in [6.45, 7) is 1.12. The number of nitrogens with zero attached hydrogens (tertiary/aromatic N) is 5. The molecule has 0 unspecified atom stereocenters. The number of carbonyl (C=O) groups excluding carboxylic acids is 1. The number of hydrogen-bond acceptors (Lipinski definition) is 6. The standard InChI is InChI=1S/C22H19F5N6O2S/c1-12(21(35,9-33-11-28-10-29-33)14-4-3-13(23)7-15(14)24)30-20(34)18-6-5-17(36-18)16-8-19(22(25,26)27)31-32(16)2/h3-8,10-12,35H,9H2,1-2H3,(H,30,34)/t12-,21-/m1/s1. The lowest BCUT2D eigenvalue weighted by Crippen LogP contribution is -2.51. The third kappa shape index (κ3) is 4.99. The van der Waals surface area contributed by atoms with Crippen LogP contribution in [-0.4, -0.2) is 41.6 Å². The summed E-state index contributed by atoms with van der Waals surface area (Å²) in [7, 11) is 1.35. The maximum absolute atomic E-state index is 14.7. The van der Waals surface area contributed by atoms with E-state index in [1.54, 1.807) is 0 Å². The van der Waals surface area contributed by atoms with E-state index in [-0.39, 0.29) is 22.7 Å². The summed E-state index contributed by atoms with van der Waals surface area (Å²) < 4.78 is 69.4. The molecule has 0 bridgehead atoms. The second-order valence-electron chi connectivity index (χ2n) is 8.04. The van der Waals surface area contributed by atoms with Crippen LogP contribution in [0.25, 0.3) is 10.6 Å². The highest BCUT2D eigenvalue weighted by Gasteiger charge is 2.40. The molecule has 8 nitrogen and oxygen atoms in total. The Morgan fingerprint density at radius 2 is 1.94 bits per heavy atom. The van der Waals surface area contributed by atoms with Gasteiger partial charge in [0.1, 0.15) is 29.9 Å². The molecule has 1 amide bonds. The van der Waals surface area contributed by atoms with Gasteiger partial charge in [-0.1, -0.05) is 6.07 Å². The Morgan fingerprint density at radius 3 is 2.56 bits per heavy atom. The van der Waals surface area contributed by atoms with E-state index in [1.807, 2.05) is 0 Å². The van der Waals surface area contributed by atoms with E-state index in [0.717, 1.165) is 34.2 Å². The summed E-state index contributed by atoms with van der Waals surface area (Å²) in [5.74, 6) is -2.52. The molecule has 0 spiro atoms. The molecule has 0 saturated heterocycles. The molecule has 3 aromatic heterocycles. The van der Waals surface area contributed by atoms with E-state index in [4.69, 9.17) is 0 Å². The Hall–Kier alpha value is -3.65. The number of alkyl halides is 3. The first-order valence-corrected chi connectivity index (χ1v) is 11.2. The summed E-state index contributed by atoms with van der Waals surface area (Å²) in [6.07, 6.45) is -2.12. The lowest BCUT2D eigenvalue weighted by Gasteiger charge is -2.35. The Kier molecular flexibility index (Phi) is 6.66. The first-order chi connectivity index (χ1) is 16.9. The fourth-order valence-corrected chi connectivity index (χ4v) is 4.63. The third-order valence-electron chi connectivity index (χ3n) is 5.58. The Bertz CT molecular complexity index is 1380. The van der Waals surface area contributed by atoms with Crippen LogP contribution in [0.15, 0.2) is 49.1 Å². The largest absolute Gasteiger partial charge is 0.435 e. The van der Waals surface area contributed by atoms with Gasteiger partial charge >= 0.3 is 6.18 Å². The number of nitrogens with one attached hydrogen (secondary N) is 1. The molecule has 1 aromatic carbocycles. The van der Waals surface area contributed by atoms with E-state index in [1.165, 1.54) is 43.4 Å². The number of aryl methyl sites for hydroxylation is 1.